The van der Waals surface area contributed by atoms with Crippen LogP contribution < -0.4 is 4.72 Å². The highest BCUT2D eigenvalue weighted by molar-refractivity contribution is 7.92. The van der Waals surface area contributed by atoms with Crippen molar-refractivity contribution in [1.29, 1.82) is 0 Å². The Balaban J connectivity index is 1.72. The first-order valence-corrected chi connectivity index (χ1v) is 9.34. The van der Waals surface area contributed by atoms with E-state index in [-0.39, 0.29) is 16.5 Å². The third-order valence-corrected chi connectivity index (χ3v) is 5.15. The molecule has 0 unspecified atom stereocenters. The molecule has 0 aliphatic rings. The fraction of sp³-hybridized carbons (Fsp3) is 0.167. The standard InChI is InChI=1S/C18H18FN3O2S/c1-2-14-5-9-17(10-6-14)25(23,24)21-18-11-12-22(20-18)13-15-3-7-16(19)8-4-15/h3-12H,2,13H2,1H3,(H,20,21). The first kappa shape index (κ1) is 17.2. The highest BCUT2D eigenvalue weighted by Gasteiger charge is 2.15. The number of rotatable bonds is 6. The highest BCUT2D eigenvalue weighted by atomic mass is 32.2. The largest absolute Gasteiger partial charge is 0.266 e. The van der Waals surface area contributed by atoms with Gasteiger partial charge in [0.15, 0.2) is 5.82 Å². The van der Waals surface area contributed by atoms with Gasteiger partial charge >= 0.3 is 0 Å². The Morgan fingerprint density at radius 1 is 1.00 bits per heavy atom. The summed E-state index contributed by atoms with van der Waals surface area (Å²) in [6.07, 6.45) is 2.52. The lowest BCUT2D eigenvalue weighted by atomic mass is 10.2. The number of nitrogens with zero attached hydrogens (tertiary/aromatic N) is 2. The molecule has 3 rings (SSSR count). The summed E-state index contributed by atoms with van der Waals surface area (Å²) < 4.78 is 41.8. The Labute approximate surface area is 146 Å². The zero-order chi connectivity index (χ0) is 17.9. The van der Waals surface area contributed by atoms with Gasteiger partial charge in [0, 0.05) is 12.3 Å². The molecule has 0 fully saturated rings. The molecule has 0 saturated heterocycles. The van der Waals surface area contributed by atoms with Gasteiger partial charge in [0.05, 0.1) is 11.4 Å². The first-order valence-electron chi connectivity index (χ1n) is 7.86. The number of nitrogens with one attached hydrogen (secondary N) is 1. The molecule has 25 heavy (non-hydrogen) atoms. The van der Waals surface area contributed by atoms with Crippen molar-refractivity contribution in [3.05, 3.63) is 77.7 Å². The molecule has 0 aliphatic heterocycles. The maximum atomic E-state index is 12.9. The SMILES string of the molecule is CCc1ccc(S(=O)(=O)Nc2ccn(Cc3ccc(F)cc3)n2)cc1. The number of aryl methyl sites for hydroxylation is 1. The van der Waals surface area contributed by atoms with Crippen LogP contribution in [0.3, 0.4) is 0 Å². The Morgan fingerprint density at radius 3 is 2.28 bits per heavy atom. The minimum atomic E-state index is -3.68. The third kappa shape index (κ3) is 4.24. The smallest absolute Gasteiger partial charge is 0.263 e. The molecule has 0 radical (unpaired) electrons. The van der Waals surface area contributed by atoms with Gasteiger partial charge in [0.2, 0.25) is 0 Å². The van der Waals surface area contributed by atoms with Crippen LogP contribution in [0.25, 0.3) is 0 Å². The normalized spacial score (nSPS) is 11.4. The second kappa shape index (κ2) is 7.06. The summed E-state index contributed by atoms with van der Waals surface area (Å²) in [5.74, 6) is -0.0616. The van der Waals surface area contributed by atoms with E-state index in [1.165, 1.54) is 12.1 Å². The van der Waals surface area contributed by atoms with Gasteiger partial charge in [-0.05, 0) is 41.8 Å². The Kier molecular flexibility index (Phi) is 4.85. The summed E-state index contributed by atoms with van der Waals surface area (Å²) in [5.41, 5.74) is 1.94. The lowest BCUT2D eigenvalue weighted by Crippen LogP contribution is -2.13. The average molecular weight is 359 g/mol. The van der Waals surface area contributed by atoms with E-state index in [4.69, 9.17) is 0 Å². The summed E-state index contributed by atoms with van der Waals surface area (Å²) in [6, 6.07) is 14.4. The molecule has 0 saturated carbocycles. The second-order valence-corrected chi connectivity index (χ2v) is 7.31. The van der Waals surface area contributed by atoms with Crippen molar-refractivity contribution in [2.24, 2.45) is 0 Å². The van der Waals surface area contributed by atoms with Crippen molar-refractivity contribution in [1.82, 2.24) is 9.78 Å². The van der Waals surface area contributed by atoms with Gasteiger partial charge < -0.3 is 0 Å². The van der Waals surface area contributed by atoms with Gasteiger partial charge in [-0.25, -0.2) is 12.8 Å². The molecule has 1 aromatic heterocycles. The number of aromatic nitrogens is 2. The predicted octanol–water partition coefficient (Wildman–Crippen LogP) is 3.43. The number of hydrogen-bond donors (Lipinski definition) is 1. The number of halogens is 1. The van der Waals surface area contributed by atoms with E-state index in [0.717, 1.165) is 17.5 Å². The Bertz CT molecular complexity index is 949. The lowest BCUT2D eigenvalue weighted by Gasteiger charge is -2.06. The summed E-state index contributed by atoms with van der Waals surface area (Å²) in [4.78, 5) is 0.192. The number of anilines is 1. The quantitative estimate of drug-likeness (QED) is 0.733. The average Bonchev–Trinajstić information content (AvgIpc) is 3.03. The van der Waals surface area contributed by atoms with E-state index in [1.807, 2.05) is 6.92 Å². The zero-order valence-corrected chi connectivity index (χ0v) is 14.5. The van der Waals surface area contributed by atoms with Gasteiger partial charge in [-0.15, -0.1) is 0 Å². The first-order chi connectivity index (χ1) is 12.0. The van der Waals surface area contributed by atoms with E-state index >= 15 is 0 Å². The summed E-state index contributed by atoms with van der Waals surface area (Å²) in [7, 11) is -3.68. The lowest BCUT2D eigenvalue weighted by molar-refractivity contribution is 0.600. The minimum Gasteiger partial charge on any atom is -0.266 e. The van der Waals surface area contributed by atoms with Crippen LogP contribution in [-0.2, 0) is 23.0 Å². The number of benzene rings is 2. The van der Waals surface area contributed by atoms with Gasteiger partial charge in [-0.2, -0.15) is 5.10 Å². The highest BCUT2D eigenvalue weighted by Crippen LogP contribution is 2.16. The third-order valence-electron chi connectivity index (χ3n) is 3.78. The van der Waals surface area contributed by atoms with E-state index in [2.05, 4.69) is 9.82 Å². The molecule has 1 N–H and O–H groups in total. The Hall–Kier alpha value is -2.67. The van der Waals surface area contributed by atoms with Crippen LogP contribution in [0, 0.1) is 5.82 Å². The fourth-order valence-corrected chi connectivity index (χ4v) is 3.38. The van der Waals surface area contributed by atoms with E-state index < -0.39 is 10.0 Å². The van der Waals surface area contributed by atoms with Crippen LogP contribution in [0.5, 0.6) is 0 Å². The van der Waals surface area contributed by atoms with Crippen molar-refractivity contribution in [3.8, 4) is 0 Å². The van der Waals surface area contributed by atoms with Crippen molar-refractivity contribution in [2.45, 2.75) is 24.8 Å². The molecular weight excluding hydrogens is 341 g/mol. The summed E-state index contributed by atoms with van der Waals surface area (Å²) in [6.45, 7) is 2.43. The van der Waals surface area contributed by atoms with Crippen LogP contribution >= 0.6 is 0 Å². The molecule has 0 atom stereocenters. The molecule has 3 aromatic rings. The molecule has 0 aliphatic carbocycles. The van der Waals surface area contributed by atoms with Gasteiger partial charge in [0.1, 0.15) is 5.82 Å². The predicted molar refractivity (Wildman–Crippen MR) is 94.4 cm³/mol. The fourth-order valence-electron chi connectivity index (χ4n) is 2.38. The molecule has 130 valence electrons. The molecule has 1 heterocycles. The minimum absolute atomic E-state index is 0.192. The zero-order valence-electron chi connectivity index (χ0n) is 13.7. The summed E-state index contributed by atoms with van der Waals surface area (Å²) in [5, 5.41) is 4.21. The van der Waals surface area contributed by atoms with Crippen LogP contribution in [0.15, 0.2) is 65.7 Å². The van der Waals surface area contributed by atoms with Crippen molar-refractivity contribution in [3.63, 3.8) is 0 Å². The monoisotopic (exact) mass is 359 g/mol. The number of sulfonamides is 1. The second-order valence-electron chi connectivity index (χ2n) is 5.63. The molecule has 0 bridgehead atoms. The topological polar surface area (TPSA) is 64.0 Å². The van der Waals surface area contributed by atoms with Gasteiger partial charge in [0.25, 0.3) is 10.0 Å². The number of hydrogen-bond acceptors (Lipinski definition) is 3. The van der Waals surface area contributed by atoms with E-state index in [9.17, 15) is 12.8 Å². The van der Waals surface area contributed by atoms with Crippen LogP contribution in [-0.4, -0.2) is 18.2 Å². The van der Waals surface area contributed by atoms with Crippen LogP contribution in [0.1, 0.15) is 18.1 Å². The van der Waals surface area contributed by atoms with Crippen molar-refractivity contribution < 1.29 is 12.8 Å². The summed E-state index contributed by atoms with van der Waals surface area (Å²) >= 11 is 0. The van der Waals surface area contributed by atoms with Gasteiger partial charge in [-0.1, -0.05) is 31.2 Å². The maximum Gasteiger partial charge on any atom is 0.263 e. The Morgan fingerprint density at radius 2 is 1.64 bits per heavy atom. The van der Waals surface area contributed by atoms with E-state index in [1.54, 1.807) is 53.3 Å². The molecule has 0 amide bonds. The molecule has 5 nitrogen and oxygen atoms in total. The molecule has 7 heteroatoms. The van der Waals surface area contributed by atoms with Crippen molar-refractivity contribution in [2.75, 3.05) is 4.72 Å². The maximum absolute atomic E-state index is 12.9. The van der Waals surface area contributed by atoms with Crippen LogP contribution in [0.4, 0.5) is 10.2 Å². The van der Waals surface area contributed by atoms with Crippen molar-refractivity contribution >= 4 is 15.8 Å². The molecular formula is C18H18FN3O2S. The molecule has 2 aromatic carbocycles. The molecule has 0 spiro atoms. The van der Waals surface area contributed by atoms with Gasteiger partial charge in [-0.3, -0.25) is 9.40 Å². The van der Waals surface area contributed by atoms with Crippen LogP contribution in [0.2, 0.25) is 0 Å². The van der Waals surface area contributed by atoms with E-state index in [0.29, 0.717) is 6.54 Å².